The van der Waals surface area contributed by atoms with Crippen LogP contribution in [0.15, 0.2) is 24.3 Å². The van der Waals surface area contributed by atoms with Gasteiger partial charge in [-0.15, -0.1) is 0 Å². The van der Waals surface area contributed by atoms with E-state index in [4.69, 9.17) is 5.11 Å². The molecule has 0 radical (unpaired) electrons. The number of phenols is 1. The van der Waals surface area contributed by atoms with Crippen molar-refractivity contribution in [1.29, 1.82) is 0 Å². The van der Waals surface area contributed by atoms with Crippen molar-refractivity contribution in [3.8, 4) is 5.75 Å². The Bertz CT molecular complexity index is 401. The topological polar surface area (TPSA) is 60.8 Å². The predicted octanol–water partition coefficient (Wildman–Crippen LogP) is 1.69. The van der Waals surface area contributed by atoms with E-state index in [1.165, 1.54) is 12.8 Å². The van der Waals surface area contributed by atoms with Crippen molar-refractivity contribution < 1.29 is 15.0 Å². The lowest BCUT2D eigenvalue weighted by molar-refractivity contribution is -0.138. The first-order valence-corrected chi connectivity index (χ1v) is 5.86. The Labute approximate surface area is 100 Å². The molecule has 0 spiro atoms. The highest BCUT2D eigenvalue weighted by Gasteiger charge is 2.25. The van der Waals surface area contributed by atoms with Crippen LogP contribution in [0.4, 0.5) is 0 Å². The van der Waals surface area contributed by atoms with Gasteiger partial charge in [0.1, 0.15) is 5.75 Å². The number of hydrogen-bond acceptors (Lipinski definition) is 3. The van der Waals surface area contributed by atoms with E-state index in [9.17, 15) is 9.90 Å². The highest BCUT2D eigenvalue weighted by atomic mass is 16.4. The van der Waals surface area contributed by atoms with Crippen LogP contribution in [0.2, 0.25) is 0 Å². The van der Waals surface area contributed by atoms with E-state index in [0.29, 0.717) is 12.5 Å². The summed E-state index contributed by atoms with van der Waals surface area (Å²) in [5, 5.41) is 18.5. The number of para-hydroxylation sites is 1. The molecule has 1 aliphatic rings. The molecule has 4 heteroatoms. The summed E-state index contributed by atoms with van der Waals surface area (Å²) in [6, 6.07) is 7.08. The predicted molar refractivity (Wildman–Crippen MR) is 63.7 cm³/mol. The summed E-state index contributed by atoms with van der Waals surface area (Å²) in [7, 11) is 0. The Hall–Kier alpha value is -1.55. The standard InChI is InChI=1S/C13H17NO3/c15-12-4-2-1-3-11(12)8-14(9-13(16)17)7-10-5-6-10/h1-4,10,15H,5-9H2,(H,16,17). The first kappa shape index (κ1) is 11.9. The van der Waals surface area contributed by atoms with Crippen LogP contribution in [-0.4, -0.2) is 34.2 Å². The second-order valence-corrected chi connectivity index (χ2v) is 4.64. The normalized spacial score (nSPS) is 15.1. The molecule has 0 bridgehead atoms. The number of carbonyl (C=O) groups is 1. The molecule has 0 heterocycles. The maximum Gasteiger partial charge on any atom is 0.317 e. The van der Waals surface area contributed by atoms with Gasteiger partial charge in [-0.2, -0.15) is 0 Å². The van der Waals surface area contributed by atoms with Crippen LogP contribution in [0.25, 0.3) is 0 Å². The minimum atomic E-state index is -0.818. The fourth-order valence-electron chi connectivity index (χ4n) is 1.93. The van der Waals surface area contributed by atoms with Crippen molar-refractivity contribution in [2.45, 2.75) is 19.4 Å². The van der Waals surface area contributed by atoms with Gasteiger partial charge in [-0.1, -0.05) is 18.2 Å². The van der Waals surface area contributed by atoms with Gasteiger partial charge in [-0.3, -0.25) is 9.69 Å². The van der Waals surface area contributed by atoms with Gasteiger partial charge in [0.25, 0.3) is 0 Å². The number of phenolic OH excluding ortho intramolecular Hbond substituents is 1. The average molecular weight is 235 g/mol. The third-order valence-corrected chi connectivity index (χ3v) is 2.96. The van der Waals surface area contributed by atoms with Crippen LogP contribution in [0.5, 0.6) is 5.75 Å². The fourth-order valence-corrected chi connectivity index (χ4v) is 1.93. The first-order valence-electron chi connectivity index (χ1n) is 5.86. The molecule has 0 aromatic heterocycles. The minimum Gasteiger partial charge on any atom is -0.508 e. The van der Waals surface area contributed by atoms with Gasteiger partial charge in [-0.25, -0.2) is 0 Å². The molecule has 0 amide bonds. The van der Waals surface area contributed by atoms with Crippen LogP contribution >= 0.6 is 0 Å². The Morgan fingerprint density at radius 3 is 2.65 bits per heavy atom. The van der Waals surface area contributed by atoms with Crippen LogP contribution in [0.3, 0.4) is 0 Å². The zero-order valence-electron chi connectivity index (χ0n) is 9.67. The van der Waals surface area contributed by atoms with E-state index in [0.717, 1.165) is 12.1 Å². The SMILES string of the molecule is O=C(O)CN(Cc1ccccc1O)CC1CC1. The Balaban J connectivity index is 2.00. The van der Waals surface area contributed by atoms with Gasteiger partial charge in [-0.05, 0) is 24.8 Å². The van der Waals surface area contributed by atoms with Gasteiger partial charge in [0.05, 0.1) is 6.54 Å². The lowest BCUT2D eigenvalue weighted by Crippen LogP contribution is -2.31. The highest BCUT2D eigenvalue weighted by molar-refractivity contribution is 5.69. The Kier molecular flexibility index (Phi) is 3.64. The highest BCUT2D eigenvalue weighted by Crippen LogP contribution is 2.30. The third kappa shape index (κ3) is 3.75. The largest absolute Gasteiger partial charge is 0.508 e. The Morgan fingerprint density at radius 1 is 1.35 bits per heavy atom. The second-order valence-electron chi connectivity index (χ2n) is 4.64. The van der Waals surface area contributed by atoms with Crippen molar-refractivity contribution >= 4 is 5.97 Å². The number of aromatic hydroxyl groups is 1. The number of nitrogens with zero attached hydrogens (tertiary/aromatic N) is 1. The summed E-state index contributed by atoms with van der Waals surface area (Å²) in [5.41, 5.74) is 0.786. The van der Waals surface area contributed by atoms with E-state index in [2.05, 4.69) is 0 Å². The summed E-state index contributed by atoms with van der Waals surface area (Å²) in [6.45, 7) is 1.33. The van der Waals surface area contributed by atoms with Crippen molar-refractivity contribution in [2.75, 3.05) is 13.1 Å². The third-order valence-electron chi connectivity index (χ3n) is 2.96. The number of carboxylic acid groups (broad SMARTS) is 1. The maximum absolute atomic E-state index is 10.8. The quantitative estimate of drug-likeness (QED) is 0.787. The van der Waals surface area contributed by atoms with Gasteiger partial charge in [0, 0.05) is 18.7 Å². The van der Waals surface area contributed by atoms with E-state index >= 15 is 0 Å². The summed E-state index contributed by atoms with van der Waals surface area (Å²) in [4.78, 5) is 12.7. The van der Waals surface area contributed by atoms with Crippen molar-refractivity contribution in [3.63, 3.8) is 0 Å². The number of aliphatic carboxylic acids is 1. The summed E-state index contributed by atoms with van der Waals surface area (Å²) >= 11 is 0. The molecule has 2 N–H and O–H groups in total. The van der Waals surface area contributed by atoms with Gasteiger partial charge >= 0.3 is 5.97 Å². The molecular formula is C13H17NO3. The molecule has 0 aliphatic heterocycles. The minimum absolute atomic E-state index is 0.0326. The number of rotatable bonds is 6. The van der Waals surface area contributed by atoms with Crippen molar-refractivity contribution in [1.82, 2.24) is 4.90 Å². The molecule has 92 valence electrons. The number of carboxylic acids is 1. The zero-order chi connectivity index (χ0) is 12.3. The molecule has 4 nitrogen and oxygen atoms in total. The number of hydrogen-bond donors (Lipinski definition) is 2. The monoisotopic (exact) mass is 235 g/mol. The van der Waals surface area contributed by atoms with Gasteiger partial charge < -0.3 is 10.2 Å². The lowest BCUT2D eigenvalue weighted by atomic mass is 10.2. The fraction of sp³-hybridized carbons (Fsp3) is 0.462. The first-order chi connectivity index (χ1) is 8.15. The van der Waals surface area contributed by atoms with E-state index < -0.39 is 5.97 Å². The lowest BCUT2D eigenvalue weighted by Gasteiger charge is -2.20. The molecule has 1 saturated carbocycles. The van der Waals surface area contributed by atoms with Crippen LogP contribution in [0, 0.1) is 5.92 Å². The molecule has 0 saturated heterocycles. The number of benzene rings is 1. The molecular weight excluding hydrogens is 218 g/mol. The average Bonchev–Trinajstić information content (AvgIpc) is 3.04. The molecule has 2 rings (SSSR count). The summed E-state index contributed by atoms with van der Waals surface area (Å²) in [6.07, 6.45) is 2.38. The van der Waals surface area contributed by atoms with E-state index in [1.54, 1.807) is 12.1 Å². The van der Waals surface area contributed by atoms with Crippen molar-refractivity contribution in [3.05, 3.63) is 29.8 Å². The molecule has 17 heavy (non-hydrogen) atoms. The molecule has 1 fully saturated rings. The van der Waals surface area contributed by atoms with Crippen LogP contribution in [0.1, 0.15) is 18.4 Å². The molecule has 0 atom stereocenters. The molecule has 1 aromatic carbocycles. The van der Waals surface area contributed by atoms with Crippen molar-refractivity contribution in [2.24, 2.45) is 5.92 Å². The zero-order valence-corrected chi connectivity index (χ0v) is 9.67. The van der Waals surface area contributed by atoms with Gasteiger partial charge in [0.15, 0.2) is 0 Å². The Morgan fingerprint density at radius 2 is 2.06 bits per heavy atom. The maximum atomic E-state index is 10.8. The van der Waals surface area contributed by atoms with Crippen LogP contribution in [-0.2, 0) is 11.3 Å². The summed E-state index contributed by atoms with van der Waals surface area (Å²) in [5.74, 6) is 0.0555. The van der Waals surface area contributed by atoms with E-state index in [-0.39, 0.29) is 12.3 Å². The van der Waals surface area contributed by atoms with Crippen LogP contribution < -0.4 is 0 Å². The molecule has 0 unspecified atom stereocenters. The molecule has 1 aromatic rings. The smallest absolute Gasteiger partial charge is 0.317 e. The van der Waals surface area contributed by atoms with E-state index in [1.807, 2.05) is 17.0 Å². The summed E-state index contributed by atoms with van der Waals surface area (Å²) < 4.78 is 0. The molecule has 1 aliphatic carbocycles. The second kappa shape index (κ2) is 5.19. The van der Waals surface area contributed by atoms with Gasteiger partial charge in [0.2, 0.25) is 0 Å².